The molecule has 2 aliphatic rings. The predicted molar refractivity (Wildman–Crippen MR) is 246 cm³/mol. The van der Waals surface area contributed by atoms with Crippen LogP contribution in [0.2, 0.25) is 0 Å². The average molecular weight is 913 g/mol. The summed E-state index contributed by atoms with van der Waals surface area (Å²) in [5.74, 6) is -8.09. The summed E-state index contributed by atoms with van der Waals surface area (Å²) in [6.07, 6.45) is 7.04. The molecule has 0 N–H and O–H groups in total. The number of nitrogens with zero attached hydrogens (tertiary/aromatic N) is 2. The Labute approximate surface area is 383 Å². The van der Waals surface area contributed by atoms with Crippen LogP contribution >= 0.6 is 11.8 Å². The van der Waals surface area contributed by atoms with Crippen molar-refractivity contribution in [3.63, 3.8) is 0 Å². The van der Waals surface area contributed by atoms with Crippen molar-refractivity contribution < 1.29 is 46.2 Å². The van der Waals surface area contributed by atoms with Crippen LogP contribution < -0.4 is 0 Å². The van der Waals surface area contributed by atoms with E-state index in [1.165, 1.54) is 34.1 Å². The molecule has 0 saturated carbocycles. The molecule has 2 saturated heterocycles. The van der Waals surface area contributed by atoms with Crippen molar-refractivity contribution in [2.75, 3.05) is 39.4 Å². The Balaban J connectivity index is 1.43. The summed E-state index contributed by atoms with van der Waals surface area (Å²) in [7, 11) is 0. The molecule has 4 aromatic carbocycles. The summed E-state index contributed by atoms with van der Waals surface area (Å²) in [4.78, 5) is 54.3. The lowest BCUT2D eigenvalue weighted by Gasteiger charge is -2.30. The number of amides is 2. The van der Waals surface area contributed by atoms with Crippen LogP contribution in [-0.4, -0.2) is 72.9 Å². The number of hydrogen-bond acceptors (Lipinski definition) is 7. The molecule has 65 heavy (non-hydrogen) atoms. The summed E-state index contributed by atoms with van der Waals surface area (Å²) in [6, 6.07) is 17.2. The van der Waals surface area contributed by atoms with Crippen molar-refractivity contribution in [1.82, 2.24) is 9.80 Å². The third kappa shape index (κ3) is 11.2. The Kier molecular flexibility index (Phi) is 16.5. The van der Waals surface area contributed by atoms with E-state index in [2.05, 4.69) is 0 Å². The number of carbonyl (C=O) groups excluding carboxylic acids is 4. The molecule has 0 bridgehead atoms. The minimum atomic E-state index is -1.32. The third-order valence-corrected chi connectivity index (χ3v) is 12.9. The van der Waals surface area contributed by atoms with Gasteiger partial charge in [0.1, 0.15) is 0 Å². The standard InChI is InChI=1S/C52H56F4N2O6S/c1-7-63-51(61)33-15-13-25-57(29-33)45(59)23-21-39-41(37-19-11-9-17-35(37)31(3)4)27-43(49(55)47(39)53)65-44-28-42(38-20-12-10-18-36(38)32(5)6)40(48(54)50(44)56)22-24-46(60)58-26-14-16-34(30-58)52(62)64-8-2/h9-12,17-24,27-28,31-34H,7-8,13-16,25-26,29-30H2,1-6H3. The summed E-state index contributed by atoms with van der Waals surface area (Å²) in [5.41, 5.74) is 2.77. The van der Waals surface area contributed by atoms with E-state index in [9.17, 15) is 19.2 Å². The first kappa shape index (κ1) is 48.8. The van der Waals surface area contributed by atoms with E-state index in [1.54, 1.807) is 38.1 Å². The van der Waals surface area contributed by atoms with Crippen molar-refractivity contribution in [1.29, 1.82) is 0 Å². The lowest BCUT2D eigenvalue weighted by atomic mass is 9.89. The topological polar surface area (TPSA) is 93.2 Å². The zero-order chi connectivity index (χ0) is 46.9. The zero-order valence-corrected chi connectivity index (χ0v) is 38.5. The van der Waals surface area contributed by atoms with E-state index in [1.807, 2.05) is 52.0 Å². The quantitative estimate of drug-likeness (QED) is 0.0707. The monoisotopic (exact) mass is 912 g/mol. The average Bonchev–Trinajstić information content (AvgIpc) is 3.31. The van der Waals surface area contributed by atoms with Gasteiger partial charge < -0.3 is 19.3 Å². The summed E-state index contributed by atoms with van der Waals surface area (Å²) >= 11 is 0.525. The maximum atomic E-state index is 16.7. The Morgan fingerprint density at radius 1 is 0.615 bits per heavy atom. The Bertz CT molecular complexity index is 2320. The minimum Gasteiger partial charge on any atom is -0.466 e. The highest BCUT2D eigenvalue weighted by Crippen LogP contribution is 2.44. The van der Waals surface area contributed by atoms with Gasteiger partial charge in [0, 0.05) is 49.5 Å². The van der Waals surface area contributed by atoms with Crippen molar-refractivity contribution >= 4 is 47.7 Å². The molecule has 13 heteroatoms. The molecule has 2 unspecified atom stereocenters. The normalized spacial score (nSPS) is 16.8. The second kappa shape index (κ2) is 22.0. The smallest absolute Gasteiger partial charge is 0.310 e. The SMILES string of the molecule is CCOC(=O)C1CCCN(C(=O)C=Cc2c(-c3ccccc3C(C)C)cc(Sc3cc(-c4ccccc4C(C)C)c(C=CC(=O)N4CCCC(C(=O)OCC)C4)c(F)c3F)c(F)c2F)C1. The molecule has 6 rings (SSSR count). The number of ether oxygens (including phenoxy) is 2. The van der Waals surface area contributed by atoms with E-state index < -0.39 is 58.9 Å². The molecule has 2 aliphatic heterocycles. The number of likely N-dealkylation sites (tertiary alicyclic amines) is 2. The van der Waals surface area contributed by atoms with Crippen LogP contribution in [0.25, 0.3) is 34.4 Å². The molecule has 2 atom stereocenters. The van der Waals surface area contributed by atoms with Crippen molar-refractivity contribution in [2.24, 2.45) is 11.8 Å². The van der Waals surface area contributed by atoms with Crippen LogP contribution in [0.4, 0.5) is 17.6 Å². The second-order valence-electron chi connectivity index (χ2n) is 16.9. The van der Waals surface area contributed by atoms with E-state index in [0.29, 0.717) is 61.7 Å². The second-order valence-corrected chi connectivity index (χ2v) is 18.0. The zero-order valence-electron chi connectivity index (χ0n) is 37.7. The van der Waals surface area contributed by atoms with Crippen molar-refractivity contribution in [3.8, 4) is 22.3 Å². The van der Waals surface area contributed by atoms with Crippen LogP contribution in [0.15, 0.2) is 82.6 Å². The molecule has 2 fully saturated rings. The van der Waals surface area contributed by atoms with Gasteiger partial charge in [-0.2, -0.15) is 0 Å². The lowest BCUT2D eigenvalue weighted by Crippen LogP contribution is -2.42. The highest BCUT2D eigenvalue weighted by Gasteiger charge is 2.31. The van der Waals surface area contributed by atoms with Gasteiger partial charge in [-0.25, -0.2) is 17.6 Å². The van der Waals surface area contributed by atoms with E-state index >= 15 is 17.6 Å². The number of rotatable bonds is 14. The van der Waals surface area contributed by atoms with Gasteiger partial charge in [0.15, 0.2) is 23.3 Å². The molecule has 0 radical (unpaired) electrons. The van der Waals surface area contributed by atoms with Gasteiger partial charge in [-0.3, -0.25) is 19.2 Å². The number of carbonyl (C=O) groups is 4. The van der Waals surface area contributed by atoms with E-state index in [0.717, 1.165) is 23.3 Å². The fourth-order valence-corrected chi connectivity index (χ4v) is 9.49. The molecule has 4 aromatic rings. The first-order chi connectivity index (χ1) is 31.1. The maximum absolute atomic E-state index is 16.7. The third-order valence-electron chi connectivity index (χ3n) is 11.9. The van der Waals surface area contributed by atoms with Gasteiger partial charge in [-0.1, -0.05) is 88.0 Å². The molecule has 2 heterocycles. The molecule has 0 spiro atoms. The molecule has 2 amide bonds. The number of hydrogen-bond donors (Lipinski definition) is 0. The molecular weight excluding hydrogens is 857 g/mol. The van der Waals surface area contributed by atoms with Crippen molar-refractivity contribution in [3.05, 3.63) is 118 Å². The Morgan fingerprint density at radius 3 is 1.37 bits per heavy atom. The van der Waals surface area contributed by atoms with Crippen LogP contribution in [0.3, 0.4) is 0 Å². The molecule has 0 aliphatic carbocycles. The summed E-state index contributed by atoms with van der Waals surface area (Å²) in [5, 5.41) is 0. The van der Waals surface area contributed by atoms with Gasteiger partial charge in [0.2, 0.25) is 11.8 Å². The van der Waals surface area contributed by atoms with Crippen molar-refractivity contribution in [2.45, 2.75) is 88.9 Å². The first-order valence-electron chi connectivity index (χ1n) is 22.3. The summed E-state index contributed by atoms with van der Waals surface area (Å²) in [6.45, 7) is 12.7. The van der Waals surface area contributed by atoms with Crippen LogP contribution in [0.5, 0.6) is 0 Å². The fourth-order valence-electron chi connectivity index (χ4n) is 8.54. The number of benzene rings is 4. The maximum Gasteiger partial charge on any atom is 0.310 e. The minimum absolute atomic E-state index is 0.0569. The first-order valence-corrected chi connectivity index (χ1v) is 23.1. The molecule has 344 valence electrons. The Hall–Kier alpha value is -5.69. The lowest BCUT2D eigenvalue weighted by molar-refractivity contribution is -0.152. The van der Waals surface area contributed by atoms with Crippen LogP contribution in [0.1, 0.15) is 101 Å². The highest BCUT2D eigenvalue weighted by molar-refractivity contribution is 7.99. The molecular formula is C52H56F4N2O6S. The van der Waals surface area contributed by atoms with Gasteiger partial charge in [0.05, 0.1) is 34.8 Å². The van der Waals surface area contributed by atoms with Gasteiger partial charge in [-0.05, 0) is 109 Å². The van der Waals surface area contributed by atoms with Gasteiger partial charge >= 0.3 is 11.9 Å². The Morgan fingerprint density at radius 2 is 1.00 bits per heavy atom. The summed E-state index contributed by atoms with van der Waals surface area (Å²) < 4.78 is 76.8. The highest BCUT2D eigenvalue weighted by atomic mass is 32.2. The number of esters is 2. The predicted octanol–water partition coefficient (Wildman–Crippen LogP) is 11.6. The van der Waals surface area contributed by atoms with Gasteiger partial charge in [-0.15, -0.1) is 0 Å². The number of piperidine rings is 2. The van der Waals surface area contributed by atoms with Crippen LogP contribution in [-0.2, 0) is 28.7 Å². The fraction of sp³-hybridized carbons (Fsp3) is 0.385. The molecule has 0 aromatic heterocycles. The van der Waals surface area contributed by atoms with Crippen LogP contribution in [0, 0.1) is 35.1 Å². The molecule has 8 nitrogen and oxygen atoms in total. The number of halogens is 4. The van der Waals surface area contributed by atoms with Gasteiger partial charge in [0.25, 0.3) is 0 Å². The van der Waals surface area contributed by atoms with E-state index in [-0.39, 0.29) is 70.2 Å². The largest absolute Gasteiger partial charge is 0.466 e. The van der Waals surface area contributed by atoms with E-state index in [4.69, 9.17) is 9.47 Å².